The van der Waals surface area contributed by atoms with E-state index in [1.807, 2.05) is 0 Å². The molecule has 0 aromatic carbocycles. The Kier molecular flexibility index (Phi) is 3.74. The largest absolute Gasteiger partial charge is 0.327 e. The van der Waals surface area contributed by atoms with Gasteiger partial charge >= 0.3 is 0 Å². The van der Waals surface area contributed by atoms with Crippen LogP contribution in [0.3, 0.4) is 0 Å². The van der Waals surface area contributed by atoms with Crippen LogP contribution in [-0.4, -0.2) is 30.1 Å². The van der Waals surface area contributed by atoms with Crippen molar-refractivity contribution in [3.8, 4) is 0 Å². The first kappa shape index (κ1) is 11.0. The highest BCUT2D eigenvalue weighted by Crippen LogP contribution is 2.22. The second-order valence-electron chi connectivity index (χ2n) is 5.00. The fourth-order valence-electron chi connectivity index (χ4n) is 2.38. The van der Waals surface area contributed by atoms with Crippen molar-refractivity contribution < 1.29 is 0 Å². The van der Waals surface area contributed by atoms with Gasteiger partial charge in [0.25, 0.3) is 0 Å². The molecular weight excluding hydrogens is 160 g/mol. The molecule has 1 heterocycles. The van der Waals surface area contributed by atoms with E-state index in [0.717, 1.165) is 11.8 Å². The highest BCUT2D eigenvalue weighted by Gasteiger charge is 2.26. The van der Waals surface area contributed by atoms with Crippen molar-refractivity contribution >= 4 is 0 Å². The average molecular weight is 184 g/mol. The van der Waals surface area contributed by atoms with Crippen LogP contribution < -0.4 is 5.73 Å². The Balaban J connectivity index is 2.49. The van der Waals surface area contributed by atoms with Crippen molar-refractivity contribution in [3.05, 3.63) is 0 Å². The van der Waals surface area contributed by atoms with Crippen molar-refractivity contribution in [2.45, 2.75) is 46.2 Å². The number of hydrogen-bond acceptors (Lipinski definition) is 2. The van der Waals surface area contributed by atoms with Crippen LogP contribution in [0.15, 0.2) is 0 Å². The van der Waals surface area contributed by atoms with Gasteiger partial charge in [0.1, 0.15) is 0 Å². The second kappa shape index (κ2) is 4.43. The maximum Gasteiger partial charge on any atom is 0.0216 e. The minimum Gasteiger partial charge on any atom is -0.327 e. The lowest BCUT2D eigenvalue weighted by molar-refractivity contribution is 0.0933. The van der Waals surface area contributed by atoms with Gasteiger partial charge in [-0.1, -0.05) is 13.8 Å². The van der Waals surface area contributed by atoms with Gasteiger partial charge in [-0.05, 0) is 32.1 Å². The molecule has 1 saturated heterocycles. The van der Waals surface area contributed by atoms with E-state index in [2.05, 4.69) is 32.6 Å². The molecule has 0 aromatic heterocycles. The lowest BCUT2D eigenvalue weighted by Crippen LogP contribution is -2.50. The number of hydrogen-bond donors (Lipinski definition) is 1. The first-order valence-electron chi connectivity index (χ1n) is 5.50. The van der Waals surface area contributed by atoms with Gasteiger partial charge in [-0.3, -0.25) is 4.90 Å². The SMILES string of the molecule is CC1CC(C)CN(C(C)C(C)N)C1. The molecule has 1 rings (SSSR count). The fourth-order valence-corrected chi connectivity index (χ4v) is 2.38. The normalized spacial score (nSPS) is 35.8. The quantitative estimate of drug-likeness (QED) is 0.708. The number of nitrogens with two attached hydrogens (primary N) is 1. The molecule has 0 aromatic rings. The van der Waals surface area contributed by atoms with Gasteiger partial charge in [-0.25, -0.2) is 0 Å². The topological polar surface area (TPSA) is 29.3 Å². The van der Waals surface area contributed by atoms with Crippen LogP contribution in [0.5, 0.6) is 0 Å². The Bertz CT molecular complexity index is 146. The summed E-state index contributed by atoms with van der Waals surface area (Å²) in [6.45, 7) is 11.5. The third-order valence-corrected chi connectivity index (χ3v) is 3.23. The van der Waals surface area contributed by atoms with Crippen molar-refractivity contribution in [2.75, 3.05) is 13.1 Å². The molecule has 0 amide bonds. The molecule has 0 radical (unpaired) electrons. The summed E-state index contributed by atoms with van der Waals surface area (Å²) in [6.07, 6.45) is 1.38. The number of nitrogens with zero attached hydrogens (tertiary/aromatic N) is 1. The minimum absolute atomic E-state index is 0.289. The lowest BCUT2D eigenvalue weighted by Gasteiger charge is -2.40. The molecular formula is C11H24N2. The van der Waals surface area contributed by atoms with Crippen molar-refractivity contribution in [1.29, 1.82) is 0 Å². The average Bonchev–Trinajstić information content (AvgIpc) is 2.01. The molecule has 2 heteroatoms. The van der Waals surface area contributed by atoms with Crippen LogP contribution in [0.2, 0.25) is 0 Å². The summed E-state index contributed by atoms with van der Waals surface area (Å²) in [7, 11) is 0. The van der Waals surface area contributed by atoms with Gasteiger partial charge in [-0.2, -0.15) is 0 Å². The molecule has 1 fully saturated rings. The first-order chi connectivity index (χ1) is 6.00. The maximum absolute atomic E-state index is 5.92. The second-order valence-corrected chi connectivity index (χ2v) is 5.00. The van der Waals surface area contributed by atoms with Gasteiger partial charge in [0, 0.05) is 25.2 Å². The Morgan fingerprint density at radius 2 is 1.62 bits per heavy atom. The van der Waals surface area contributed by atoms with Gasteiger partial charge < -0.3 is 5.73 Å². The molecule has 4 atom stereocenters. The molecule has 1 aliphatic heterocycles. The van der Waals surface area contributed by atoms with Gasteiger partial charge in [-0.15, -0.1) is 0 Å². The molecule has 78 valence electrons. The summed E-state index contributed by atoms with van der Waals surface area (Å²) in [6, 6.07) is 0.822. The highest BCUT2D eigenvalue weighted by atomic mass is 15.2. The zero-order valence-electron chi connectivity index (χ0n) is 9.46. The lowest BCUT2D eigenvalue weighted by atomic mass is 9.90. The smallest absolute Gasteiger partial charge is 0.0216 e. The number of likely N-dealkylation sites (tertiary alicyclic amines) is 1. The molecule has 1 aliphatic rings. The Morgan fingerprint density at radius 3 is 2.00 bits per heavy atom. The van der Waals surface area contributed by atoms with Crippen molar-refractivity contribution in [2.24, 2.45) is 17.6 Å². The van der Waals surface area contributed by atoms with E-state index in [0.29, 0.717) is 6.04 Å². The van der Waals surface area contributed by atoms with Crippen LogP contribution in [0, 0.1) is 11.8 Å². The third kappa shape index (κ3) is 2.96. The van der Waals surface area contributed by atoms with E-state index in [9.17, 15) is 0 Å². The monoisotopic (exact) mass is 184 g/mol. The number of piperidine rings is 1. The van der Waals surface area contributed by atoms with E-state index in [1.54, 1.807) is 0 Å². The summed E-state index contributed by atoms with van der Waals surface area (Å²) in [4.78, 5) is 2.55. The number of rotatable bonds is 2. The van der Waals surface area contributed by atoms with E-state index in [-0.39, 0.29) is 6.04 Å². The summed E-state index contributed by atoms with van der Waals surface area (Å²) < 4.78 is 0. The van der Waals surface area contributed by atoms with Gasteiger partial charge in [0.2, 0.25) is 0 Å². The minimum atomic E-state index is 0.289. The predicted octanol–water partition coefficient (Wildman–Crippen LogP) is 1.70. The predicted molar refractivity (Wildman–Crippen MR) is 57.6 cm³/mol. The van der Waals surface area contributed by atoms with E-state index >= 15 is 0 Å². The van der Waals surface area contributed by atoms with Gasteiger partial charge in [0.15, 0.2) is 0 Å². The molecule has 0 aliphatic carbocycles. The van der Waals surface area contributed by atoms with E-state index < -0.39 is 0 Å². The molecule has 0 bridgehead atoms. The highest BCUT2D eigenvalue weighted by molar-refractivity contribution is 4.82. The van der Waals surface area contributed by atoms with Crippen LogP contribution in [0.4, 0.5) is 0 Å². The van der Waals surface area contributed by atoms with Crippen molar-refractivity contribution in [1.82, 2.24) is 4.90 Å². The van der Waals surface area contributed by atoms with Crippen LogP contribution in [0.1, 0.15) is 34.1 Å². The summed E-state index contributed by atoms with van der Waals surface area (Å²) in [5.74, 6) is 1.68. The Morgan fingerprint density at radius 1 is 1.15 bits per heavy atom. The molecule has 0 spiro atoms. The molecule has 2 N–H and O–H groups in total. The van der Waals surface area contributed by atoms with E-state index in [1.165, 1.54) is 19.5 Å². The third-order valence-electron chi connectivity index (χ3n) is 3.23. The van der Waals surface area contributed by atoms with Crippen LogP contribution in [0.25, 0.3) is 0 Å². The Hall–Kier alpha value is -0.0800. The standard InChI is InChI=1S/C11H24N2/c1-8-5-9(2)7-13(6-8)11(4)10(3)12/h8-11H,5-7,12H2,1-4H3. The summed E-state index contributed by atoms with van der Waals surface area (Å²) >= 11 is 0. The molecule has 4 unspecified atom stereocenters. The fraction of sp³-hybridized carbons (Fsp3) is 1.00. The van der Waals surface area contributed by atoms with Crippen LogP contribution in [-0.2, 0) is 0 Å². The van der Waals surface area contributed by atoms with Gasteiger partial charge in [0.05, 0.1) is 0 Å². The molecule has 0 saturated carbocycles. The maximum atomic E-state index is 5.92. The zero-order valence-corrected chi connectivity index (χ0v) is 9.46. The molecule has 2 nitrogen and oxygen atoms in total. The zero-order chi connectivity index (χ0) is 10.0. The Labute approximate surface area is 82.5 Å². The summed E-state index contributed by atoms with van der Waals surface area (Å²) in [5.41, 5.74) is 5.92. The summed E-state index contributed by atoms with van der Waals surface area (Å²) in [5, 5.41) is 0. The molecule has 13 heavy (non-hydrogen) atoms. The van der Waals surface area contributed by atoms with E-state index in [4.69, 9.17) is 5.73 Å². The van der Waals surface area contributed by atoms with Crippen molar-refractivity contribution in [3.63, 3.8) is 0 Å². The van der Waals surface area contributed by atoms with Crippen LogP contribution >= 0.6 is 0 Å². The first-order valence-corrected chi connectivity index (χ1v) is 5.50.